The zero-order valence-electron chi connectivity index (χ0n) is 15.5. The maximum Gasteiger partial charge on any atom is 0.343 e. The Hall–Kier alpha value is -2.95. The minimum atomic E-state index is -1.13. The van der Waals surface area contributed by atoms with Crippen LogP contribution >= 0.6 is 23.2 Å². The topological polar surface area (TPSA) is 48.7 Å². The summed E-state index contributed by atoms with van der Waals surface area (Å²) in [5.41, 5.74) is 2.09. The van der Waals surface area contributed by atoms with E-state index in [0.29, 0.717) is 39.1 Å². The van der Waals surface area contributed by atoms with Crippen molar-refractivity contribution in [1.29, 1.82) is 0 Å². The molecule has 30 heavy (non-hydrogen) atoms. The van der Waals surface area contributed by atoms with Crippen LogP contribution in [-0.4, -0.2) is 0 Å². The highest BCUT2D eigenvalue weighted by atomic mass is 35.5. The van der Waals surface area contributed by atoms with Crippen LogP contribution in [0.5, 0.6) is 11.5 Å². The van der Waals surface area contributed by atoms with Crippen LogP contribution in [0.3, 0.4) is 0 Å². The fraction of sp³-hybridized carbons (Fsp3) is 0.125. The van der Waals surface area contributed by atoms with Gasteiger partial charge in [-0.15, -0.1) is 0 Å². The van der Waals surface area contributed by atoms with Gasteiger partial charge >= 0.3 is 5.63 Å². The highest BCUT2D eigenvalue weighted by molar-refractivity contribution is 6.35. The predicted molar refractivity (Wildman–Crippen MR) is 115 cm³/mol. The van der Waals surface area contributed by atoms with E-state index in [0.717, 1.165) is 16.5 Å². The lowest BCUT2D eigenvalue weighted by Gasteiger charge is -2.46. The fourth-order valence-corrected chi connectivity index (χ4v) is 5.04. The molecular formula is C24H14Cl2O4. The zero-order valence-corrected chi connectivity index (χ0v) is 17.0. The lowest BCUT2D eigenvalue weighted by molar-refractivity contribution is -0.148. The second-order valence-electron chi connectivity index (χ2n) is 7.51. The molecule has 0 aliphatic carbocycles. The molecule has 0 spiro atoms. The Morgan fingerprint density at radius 2 is 1.63 bits per heavy atom. The molecule has 6 heteroatoms. The van der Waals surface area contributed by atoms with E-state index in [1.165, 1.54) is 0 Å². The third kappa shape index (κ3) is 2.44. The van der Waals surface area contributed by atoms with Crippen molar-refractivity contribution in [2.45, 2.75) is 18.1 Å². The van der Waals surface area contributed by atoms with Gasteiger partial charge in [0.2, 0.25) is 0 Å². The quantitative estimate of drug-likeness (QED) is 0.330. The van der Waals surface area contributed by atoms with Gasteiger partial charge in [0.25, 0.3) is 5.79 Å². The third-order valence-corrected chi connectivity index (χ3v) is 6.28. The molecule has 0 saturated heterocycles. The van der Waals surface area contributed by atoms with Gasteiger partial charge in [-0.2, -0.15) is 0 Å². The SMILES string of the molecule is O=c1oc2ccccc2c2c1[C@H]1C[C@](c3ccccc3)(Oc3c(Cl)cc(Cl)cc31)O2. The van der Waals surface area contributed by atoms with E-state index in [9.17, 15) is 4.79 Å². The highest BCUT2D eigenvalue weighted by Crippen LogP contribution is 2.57. The highest BCUT2D eigenvalue weighted by Gasteiger charge is 2.52. The van der Waals surface area contributed by atoms with Crippen molar-refractivity contribution in [3.63, 3.8) is 0 Å². The van der Waals surface area contributed by atoms with E-state index in [-0.39, 0.29) is 5.92 Å². The molecular weight excluding hydrogens is 423 g/mol. The van der Waals surface area contributed by atoms with Gasteiger partial charge in [-0.3, -0.25) is 0 Å². The van der Waals surface area contributed by atoms with Gasteiger partial charge in [0, 0.05) is 28.5 Å². The van der Waals surface area contributed by atoms with Crippen molar-refractivity contribution < 1.29 is 13.9 Å². The molecule has 2 atom stereocenters. The molecule has 1 aromatic heterocycles. The maximum atomic E-state index is 13.0. The number of benzene rings is 3. The molecule has 4 aromatic rings. The van der Waals surface area contributed by atoms with Crippen molar-refractivity contribution >= 4 is 34.2 Å². The molecule has 0 unspecified atom stereocenters. The minimum absolute atomic E-state index is 0.338. The average Bonchev–Trinajstić information content (AvgIpc) is 2.75. The van der Waals surface area contributed by atoms with Crippen LogP contribution in [0.1, 0.15) is 29.0 Å². The predicted octanol–water partition coefficient (Wildman–Crippen LogP) is 6.26. The summed E-state index contributed by atoms with van der Waals surface area (Å²) in [4.78, 5) is 13.0. The van der Waals surface area contributed by atoms with Crippen molar-refractivity contribution in [2.24, 2.45) is 0 Å². The summed E-state index contributed by atoms with van der Waals surface area (Å²) in [5, 5.41) is 1.57. The Labute approximate surface area is 181 Å². The molecule has 148 valence electrons. The molecule has 2 aliphatic heterocycles. The van der Waals surface area contributed by atoms with Crippen LogP contribution in [0.25, 0.3) is 11.0 Å². The number of ether oxygens (including phenoxy) is 2. The molecule has 2 bridgehead atoms. The molecule has 3 heterocycles. The first-order valence-corrected chi connectivity index (χ1v) is 10.3. The summed E-state index contributed by atoms with van der Waals surface area (Å²) in [7, 11) is 0. The van der Waals surface area contributed by atoms with Gasteiger partial charge < -0.3 is 13.9 Å². The minimum Gasteiger partial charge on any atom is -0.447 e. The van der Waals surface area contributed by atoms with Gasteiger partial charge in [-0.1, -0.05) is 65.7 Å². The molecule has 3 aromatic carbocycles. The number of hydrogen-bond donors (Lipinski definition) is 0. The van der Waals surface area contributed by atoms with Crippen LogP contribution < -0.4 is 15.1 Å². The second kappa shape index (κ2) is 6.27. The summed E-state index contributed by atoms with van der Waals surface area (Å²) >= 11 is 12.8. The number of para-hydroxylation sites is 1. The van der Waals surface area contributed by atoms with E-state index in [4.69, 9.17) is 37.1 Å². The standard InChI is InChI=1S/C24H14Cl2O4/c25-14-10-16-17-12-24(13-6-2-1-3-7-13,29-21(16)18(26)11-14)30-22-15-8-4-5-9-19(15)28-23(27)20(17)22/h1-11,17H,12H2/t17-,24-/m0/s1. The molecule has 0 fully saturated rings. The Morgan fingerprint density at radius 1 is 0.900 bits per heavy atom. The van der Waals surface area contributed by atoms with Crippen molar-refractivity contribution in [3.8, 4) is 11.5 Å². The number of rotatable bonds is 1. The monoisotopic (exact) mass is 436 g/mol. The molecule has 2 aliphatic rings. The summed E-state index contributed by atoms with van der Waals surface area (Å²) in [5.74, 6) is -0.516. The Kier molecular flexibility index (Phi) is 3.74. The van der Waals surface area contributed by atoms with Gasteiger partial charge in [-0.05, 0) is 24.3 Å². The lowest BCUT2D eigenvalue weighted by atomic mass is 9.78. The number of fused-ring (bicyclic) bond motifs is 8. The lowest BCUT2D eigenvalue weighted by Crippen LogP contribution is -2.48. The van der Waals surface area contributed by atoms with E-state index >= 15 is 0 Å². The van der Waals surface area contributed by atoms with Crippen molar-refractivity contribution in [1.82, 2.24) is 0 Å². The molecule has 0 saturated carbocycles. The Bertz CT molecular complexity index is 1380. The first-order chi connectivity index (χ1) is 14.6. The maximum absolute atomic E-state index is 13.0. The summed E-state index contributed by atoms with van der Waals surface area (Å²) < 4.78 is 18.6. The Balaban J connectivity index is 1.72. The number of halogens is 2. The van der Waals surface area contributed by atoms with E-state index in [2.05, 4.69) is 0 Å². The first-order valence-electron chi connectivity index (χ1n) is 9.54. The molecule has 0 amide bonds. The van der Waals surface area contributed by atoms with Crippen LogP contribution in [-0.2, 0) is 5.79 Å². The van der Waals surface area contributed by atoms with Crippen molar-refractivity contribution in [3.05, 3.63) is 104 Å². The van der Waals surface area contributed by atoms with Gasteiger partial charge in [0.15, 0.2) is 0 Å². The third-order valence-electron chi connectivity index (χ3n) is 5.78. The van der Waals surface area contributed by atoms with E-state index < -0.39 is 11.4 Å². The van der Waals surface area contributed by atoms with Crippen molar-refractivity contribution in [2.75, 3.05) is 0 Å². The molecule has 4 nitrogen and oxygen atoms in total. The average molecular weight is 437 g/mol. The van der Waals surface area contributed by atoms with Crippen LogP contribution in [0, 0.1) is 0 Å². The molecule has 6 rings (SSSR count). The van der Waals surface area contributed by atoms with E-state index in [1.807, 2.05) is 48.5 Å². The summed E-state index contributed by atoms with van der Waals surface area (Å²) in [6, 6.07) is 20.4. The Morgan fingerprint density at radius 3 is 2.47 bits per heavy atom. The van der Waals surface area contributed by atoms with Crippen LogP contribution in [0.2, 0.25) is 10.0 Å². The fourth-order valence-electron chi connectivity index (χ4n) is 4.49. The molecule has 0 N–H and O–H groups in total. The normalized spacial score (nSPS) is 21.3. The zero-order chi connectivity index (χ0) is 20.5. The van der Waals surface area contributed by atoms with Crippen LogP contribution in [0.15, 0.2) is 75.9 Å². The number of hydrogen-bond acceptors (Lipinski definition) is 4. The van der Waals surface area contributed by atoms with Gasteiger partial charge in [0.1, 0.15) is 17.1 Å². The first kappa shape index (κ1) is 17.9. The van der Waals surface area contributed by atoms with Gasteiger partial charge in [0.05, 0.1) is 16.0 Å². The smallest absolute Gasteiger partial charge is 0.343 e. The summed E-state index contributed by atoms with van der Waals surface area (Å²) in [6.45, 7) is 0. The van der Waals surface area contributed by atoms with E-state index in [1.54, 1.807) is 18.2 Å². The summed E-state index contributed by atoms with van der Waals surface area (Å²) in [6.07, 6.45) is 0.400. The largest absolute Gasteiger partial charge is 0.447 e. The second-order valence-corrected chi connectivity index (χ2v) is 8.36. The molecule has 0 radical (unpaired) electrons. The van der Waals surface area contributed by atoms with Crippen LogP contribution in [0.4, 0.5) is 0 Å². The van der Waals surface area contributed by atoms with Gasteiger partial charge in [-0.25, -0.2) is 4.79 Å².